The molecule has 0 atom stereocenters. The Bertz CT molecular complexity index is 254. The molecule has 0 unspecified atom stereocenters. The van der Waals surface area contributed by atoms with E-state index >= 15 is 0 Å². The van der Waals surface area contributed by atoms with Crippen LogP contribution in [0.25, 0.3) is 0 Å². The van der Waals surface area contributed by atoms with Gasteiger partial charge in [-0.3, -0.25) is 8.37 Å². The summed E-state index contributed by atoms with van der Waals surface area (Å²) in [5.74, 6) is 0. The van der Waals surface area contributed by atoms with E-state index in [2.05, 4.69) is 8.37 Å². The van der Waals surface area contributed by atoms with Gasteiger partial charge in [0.15, 0.2) is 0 Å². The van der Waals surface area contributed by atoms with Crippen LogP contribution in [0, 0.1) is 0 Å². The van der Waals surface area contributed by atoms with Crippen LogP contribution in [0.4, 0.5) is 0 Å². The van der Waals surface area contributed by atoms with E-state index in [0.717, 1.165) is 26.7 Å². The molecule has 0 aliphatic rings. The van der Waals surface area contributed by atoms with Crippen LogP contribution in [-0.4, -0.2) is 43.6 Å². The lowest BCUT2D eigenvalue weighted by Gasteiger charge is -1.84. The van der Waals surface area contributed by atoms with Gasteiger partial charge in [-0.1, -0.05) is 0 Å². The zero-order valence-corrected chi connectivity index (χ0v) is 8.90. The molecule has 8 heteroatoms. The van der Waals surface area contributed by atoms with Gasteiger partial charge in [-0.15, -0.1) is 0 Å². The lowest BCUT2D eigenvalue weighted by atomic mass is 11.8. The Morgan fingerprint density at radius 3 is 0.833 bits per heavy atom. The van der Waals surface area contributed by atoms with E-state index in [4.69, 9.17) is 0 Å². The first-order valence-electron chi connectivity index (χ1n) is 2.63. The zero-order valence-electron chi connectivity index (χ0n) is 7.27. The summed E-state index contributed by atoms with van der Waals surface area (Å²) < 4.78 is 46.9. The van der Waals surface area contributed by atoms with Crippen molar-refractivity contribution in [1.82, 2.24) is 0 Å². The van der Waals surface area contributed by atoms with Crippen molar-refractivity contribution < 1.29 is 25.2 Å². The molecule has 0 N–H and O–H groups in total. The number of hydrogen-bond donors (Lipinski definition) is 0. The molecule has 0 heterocycles. The predicted octanol–water partition coefficient (Wildman–Crippen LogP) is -0.815. The first-order valence-corrected chi connectivity index (χ1v) is 6.27. The molecule has 12 heavy (non-hydrogen) atoms. The molecule has 0 saturated carbocycles. The third-order valence-corrected chi connectivity index (χ3v) is 1.82. The van der Waals surface area contributed by atoms with Crippen molar-refractivity contribution in [3.05, 3.63) is 0 Å². The largest absolute Gasteiger partial charge is 0.274 e. The monoisotopic (exact) mass is 220 g/mol. The summed E-state index contributed by atoms with van der Waals surface area (Å²) in [5.41, 5.74) is 0. The van der Waals surface area contributed by atoms with Crippen LogP contribution in [0.1, 0.15) is 0 Å². The zero-order chi connectivity index (χ0) is 10.4. The fourth-order valence-electron chi connectivity index (χ4n) is 0. The summed E-state index contributed by atoms with van der Waals surface area (Å²) in [5, 5.41) is 0. The van der Waals surface area contributed by atoms with Crippen molar-refractivity contribution in [2.45, 2.75) is 0 Å². The van der Waals surface area contributed by atoms with Gasteiger partial charge in [0.1, 0.15) is 0 Å². The maximum absolute atomic E-state index is 9.78. The third-order valence-electron chi connectivity index (χ3n) is 0.605. The molecule has 0 aliphatic carbocycles. The lowest BCUT2D eigenvalue weighted by Crippen LogP contribution is -1.95. The maximum atomic E-state index is 9.78. The van der Waals surface area contributed by atoms with Gasteiger partial charge in [0, 0.05) is 0 Å². The summed E-state index contributed by atoms with van der Waals surface area (Å²) in [6.07, 6.45) is 1.99. The van der Waals surface area contributed by atoms with E-state index in [1.807, 2.05) is 0 Å². The molecule has 0 rings (SSSR count). The topological polar surface area (TPSA) is 86.7 Å². The molecule has 0 radical (unpaired) electrons. The summed E-state index contributed by atoms with van der Waals surface area (Å²) in [6, 6.07) is 0. The molecule has 0 spiro atoms. The van der Waals surface area contributed by atoms with Crippen LogP contribution in [0.15, 0.2) is 0 Å². The minimum atomic E-state index is -3.16. The van der Waals surface area contributed by atoms with Crippen molar-refractivity contribution in [3.8, 4) is 0 Å². The average molecular weight is 220 g/mol. The van der Waals surface area contributed by atoms with Crippen molar-refractivity contribution in [2.75, 3.05) is 26.7 Å². The standard InChI is InChI=1S/2C2H6O3S/c2*1-5-6(2,3)4/h2*1-2H3. The molecule has 0 amide bonds. The summed E-state index contributed by atoms with van der Waals surface area (Å²) in [4.78, 5) is 0. The van der Waals surface area contributed by atoms with Crippen molar-refractivity contribution in [3.63, 3.8) is 0 Å². The molecule has 0 fully saturated rings. The van der Waals surface area contributed by atoms with Gasteiger partial charge >= 0.3 is 0 Å². The lowest BCUT2D eigenvalue weighted by molar-refractivity contribution is 0.402. The van der Waals surface area contributed by atoms with E-state index in [0.29, 0.717) is 0 Å². The summed E-state index contributed by atoms with van der Waals surface area (Å²) in [7, 11) is -4.08. The van der Waals surface area contributed by atoms with Crippen molar-refractivity contribution >= 4 is 20.2 Å². The quantitative estimate of drug-likeness (QED) is 0.565. The minimum absolute atomic E-state index is 0.993. The van der Waals surface area contributed by atoms with Gasteiger partial charge in [-0.05, 0) is 0 Å². The molecule has 0 bridgehead atoms. The Morgan fingerprint density at radius 2 is 0.833 bits per heavy atom. The molecule has 0 aliphatic heterocycles. The van der Waals surface area contributed by atoms with Gasteiger partial charge in [0.25, 0.3) is 20.2 Å². The Kier molecular flexibility index (Phi) is 6.53. The van der Waals surface area contributed by atoms with Gasteiger partial charge < -0.3 is 0 Å². The third kappa shape index (κ3) is 22.6. The summed E-state index contributed by atoms with van der Waals surface area (Å²) in [6.45, 7) is 0. The normalized spacial score (nSPS) is 11.7. The smallest absolute Gasteiger partial charge is 0.264 e. The highest BCUT2D eigenvalue weighted by molar-refractivity contribution is 7.86. The van der Waals surface area contributed by atoms with Crippen LogP contribution < -0.4 is 0 Å². The molecular formula is C4H12O6S2. The average Bonchev–Trinajstić information content (AvgIpc) is 1.86. The van der Waals surface area contributed by atoms with E-state index in [-0.39, 0.29) is 0 Å². The SMILES string of the molecule is COS(C)(=O)=O.COS(C)(=O)=O. The first kappa shape index (κ1) is 14.3. The summed E-state index contributed by atoms with van der Waals surface area (Å²) >= 11 is 0. The van der Waals surface area contributed by atoms with Gasteiger partial charge in [0.05, 0.1) is 26.7 Å². The van der Waals surface area contributed by atoms with E-state index < -0.39 is 20.2 Å². The highest BCUT2D eigenvalue weighted by Crippen LogP contribution is 1.76. The molecule has 76 valence electrons. The number of rotatable bonds is 2. The Balaban J connectivity index is 0. The van der Waals surface area contributed by atoms with Gasteiger partial charge in [-0.25, -0.2) is 0 Å². The first-order chi connectivity index (χ1) is 5.12. The van der Waals surface area contributed by atoms with Crippen molar-refractivity contribution in [1.29, 1.82) is 0 Å². The van der Waals surface area contributed by atoms with Crippen LogP contribution in [0.2, 0.25) is 0 Å². The minimum Gasteiger partial charge on any atom is -0.274 e. The van der Waals surface area contributed by atoms with Crippen LogP contribution in [-0.2, 0) is 28.6 Å². The van der Waals surface area contributed by atoms with E-state index in [1.165, 1.54) is 0 Å². The highest BCUT2D eigenvalue weighted by Gasteiger charge is 1.91. The van der Waals surface area contributed by atoms with E-state index in [9.17, 15) is 16.8 Å². The number of hydrogen-bond acceptors (Lipinski definition) is 6. The molecule has 0 aromatic rings. The van der Waals surface area contributed by atoms with Gasteiger partial charge in [0.2, 0.25) is 0 Å². The Hall–Kier alpha value is -0.180. The van der Waals surface area contributed by atoms with Crippen molar-refractivity contribution in [2.24, 2.45) is 0 Å². The maximum Gasteiger partial charge on any atom is 0.264 e. The predicted molar refractivity (Wildman–Crippen MR) is 43.7 cm³/mol. The molecular weight excluding hydrogens is 208 g/mol. The molecule has 6 nitrogen and oxygen atoms in total. The van der Waals surface area contributed by atoms with Crippen LogP contribution in [0.5, 0.6) is 0 Å². The Labute approximate surface area is 72.7 Å². The molecule has 0 aromatic carbocycles. The second-order valence-corrected chi connectivity index (χ2v) is 5.22. The van der Waals surface area contributed by atoms with Gasteiger partial charge in [-0.2, -0.15) is 16.8 Å². The van der Waals surface area contributed by atoms with Crippen LogP contribution >= 0.6 is 0 Å². The fourth-order valence-corrected chi connectivity index (χ4v) is 0. The fraction of sp³-hybridized carbons (Fsp3) is 1.00. The highest BCUT2D eigenvalue weighted by atomic mass is 32.2. The molecule has 0 saturated heterocycles. The van der Waals surface area contributed by atoms with Crippen LogP contribution in [0.3, 0.4) is 0 Å². The second kappa shape index (κ2) is 5.46. The Morgan fingerprint density at radius 1 is 0.750 bits per heavy atom. The molecule has 0 aromatic heterocycles. The van der Waals surface area contributed by atoms with E-state index in [1.54, 1.807) is 0 Å². The second-order valence-electron chi connectivity index (χ2n) is 1.74.